The zero-order chi connectivity index (χ0) is 26.1. The van der Waals surface area contributed by atoms with Crippen LogP contribution in [0.3, 0.4) is 0 Å². The van der Waals surface area contributed by atoms with Gasteiger partial charge in [-0.1, -0.05) is 12.1 Å². The van der Waals surface area contributed by atoms with Crippen molar-refractivity contribution in [2.45, 2.75) is 51.5 Å². The number of ether oxygens (including phenoxy) is 1. The Morgan fingerprint density at radius 2 is 1.89 bits per heavy atom. The molecule has 2 aromatic heterocycles. The highest BCUT2D eigenvalue weighted by molar-refractivity contribution is 5.99. The molecule has 0 atom stereocenters. The molecule has 1 saturated heterocycles. The maximum Gasteiger partial charge on any atom is 0.305 e. The Morgan fingerprint density at radius 1 is 1.11 bits per heavy atom. The Hall–Kier alpha value is -3.75. The van der Waals surface area contributed by atoms with Crippen molar-refractivity contribution in [1.29, 1.82) is 0 Å². The largest absolute Gasteiger partial charge is 0.469 e. The molecule has 9 heteroatoms. The molecule has 3 heterocycles. The molecule has 2 aromatic carbocycles. The second kappa shape index (κ2) is 10.3. The van der Waals surface area contributed by atoms with E-state index in [1.54, 1.807) is 23.9 Å². The number of carbonyl (C=O) groups is 2. The lowest BCUT2D eigenvalue weighted by Gasteiger charge is -2.30. The van der Waals surface area contributed by atoms with Crippen molar-refractivity contribution < 1.29 is 18.7 Å². The number of rotatable bonds is 7. The second-order valence-electron chi connectivity index (χ2n) is 9.78. The lowest BCUT2D eigenvalue weighted by molar-refractivity contribution is -0.140. The predicted octanol–water partition coefficient (Wildman–Crippen LogP) is 4.80. The number of aryl methyl sites for hydroxylation is 2. The Kier molecular flexibility index (Phi) is 6.95. The Balaban J connectivity index is 1.58. The van der Waals surface area contributed by atoms with Gasteiger partial charge in [0.1, 0.15) is 5.82 Å². The third-order valence-electron chi connectivity index (χ3n) is 7.49. The molecule has 1 aliphatic heterocycles. The van der Waals surface area contributed by atoms with Gasteiger partial charge in [-0.15, -0.1) is 0 Å². The van der Waals surface area contributed by atoms with Crippen LogP contribution in [0, 0.1) is 5.82 Å². The summed E-state index contributed by atoms with van der Waals surface area (Å²) in [5.41, 5.74) is 4.09. The molecule has 194 valence electrons. The van der Waals surface area contributed by atoms with Gasteiger partial charge in [0.05, 0.1) is 30.0 Å². The zero-order valence-corrected chi connectivity index (χ0v) is 21.5. The van der Waals surface area contributed by atoms with E-state index in [1.165, 1.54) is 7.11 Å². The number of likely N-dealkylation sites (tertiary alicyclic amines) is 1. The van der Waals surface area contributed by atoms with Gasteiger partial charge >= 0.3 is 5.97 Å². The van der Waals surface area contributed by atoms with Gasteiger partial charge in [0.25, 0.3) is 0 Å². The molecule has 1 fully saturated rings. The summed E-state index contributed by atoms with van der Waals surface area (Å²) in [5, 5.41) is 11.1. The van der Waals surface area contributed by atoms with Gasteiger partial charge in [-0.3, -0.25) is 19.0 Å². The number of carbonyl (C=O) groups excluding carboxylic acids is 2. The summed E-state index contributed by atoms with van der Waals surface area (Å²) in [6.07, 6.45) is 5.13. The van der Waals surface area contributed by atoms with E-state index in [4.69, 9.17) is 9.84 Å². The number of nitrogens with zero attached hydrogens (tertiary/aromatic N) is 5. The number of esters is 1. The minimum atomic E-state index is -0.295. The first-order valence-electron chi connectivity index (χ1n) is 12.8. The van der Waals surface area contributed by atoms with Gasteiger partial charge in [-0.25, -0.2) is 4.39 Å². The number of hydrogen-bond acceptors (Lipinski definition) is 5. The number of unbranched alkanes of at least 4 members (excludes halogenated alkanes) is 1. The number of fused-ring (bicyclic) bond motifs is 2. The highest BCUT2D eigenvalue weighted by Crippen LogP contribution is 2.39. The lowest BCUT2D eigenvalue weighted by Crippen LogP contribution is -2.36. The fourth-order valence-electron chi connectivity index (χ4n) is 5.42. The van der Waals surface area contributed by atoms with Gasteiger partial charge in [0.15, 0.2) is 0 Å². The normalized spacial score (nSPS) is 14.5. The van der Waals surface area contributed by atoms with Crippen molar-refractivity contribution in [3.8, 4) is 11.1 Å². The third kappa shape index (κ3) is 4.82. The lowest BCUT2D eigenvalue weighted by atomic mass is 9.89. The Labute approximate surface area is 215 Å². The number of amides is 1. The molecule has 1 aliphatic rings. The molecule has 0 bridgehead atoms. The van der Waals surface area contributed by atoms with E-state index in [9.17, 15) is 9.59 Å². The number of hydrogen-bond donors (Lipinski definition) is 0. The van der Waals surface area contributed by atoms with Crippen LogP contribution in [-0.2, 0) is 27.9 Å². The molecule has 8 nitrogen and oxygen atoms in total. The van der Waals surface area contributed by atoms with Crippen LogP contribution in [-0.4, -0.2) is 56.5 Å². The van der Waals surface area contributed by atoms with E-state index >= 15 is 4.39 Å². The van der Waals surface area contributed by atoms with Crippen LogP contribution in [0.15, 0.2) is 36.5 Å². The summed E-state index contributed by atoms with van der Waals surface area (Å²) in [7, 11) is 3.25. The summed E-state index contributed by atoms with van der Waals surface area (Å²) in [6, 6.07) is 9.33. The Morgan fingerprint density at radius 3 is 2.62 bits per heavy atom. The van der Waals surface area contributed by atoms with Crippen LogP contribution in [0.1, 0.15) is 50.6 Å². The predicted molar refractivity (Wildman–Crippen MR) is 139 cm³/mol. The molecular formula is C28H32FN5O3. The third-order valence-corrected chi connectivity index (χ3v) is 7.49. The maximum absolute atomic E-state index is 15.5. The van der Waals surface area contributed by atoms with Gasteiger partial charge < -0.3 is 9.64 Å². The number of methoxy groups -OCH3 is 1. The van der Waals surface area contributed by atoms with E-state index in [2.05, 4.69) is 5.10 Å². The molecule has 1 amide bonds. The Bertz CT molecular complexity index is 1470. The number of piperidine rings is 1. The number of benzene rings is 2. The van der Waals surface area contributed by atoms with Crippen molar-refractivity contribution in [2.24, 2.45) is 7.05 Å². The summed E-state index contributed by atoms with van der Waals surface area (Å²) < 4.78 is 24.0. The first-order chi connectivity index (χ1) is 17.9. The molecular weight excluding hydrogens is 473 g/mol. The fraction of sp³-hybridized carbons (Fsp3) is 0.429. The van der Waals surface area contributed by atoms with Crippen LogP contribution in [0.2, 0.25) is 0 Å². The van der Waals surface area contributed by atoms with Crippen LogP contribution in [0.5, 0.6) is 0 Å². The van der Waals surface area contributed by atoms with E-state index in [0.717, 1.165) is 52.3 Å². The number of halogens is 1. The van der Waals surface area contributed by atoms with Gasteiger partial charge in [-0.2, -0.15) is 10.2 Å². The summed E-state index contributed by atoms with van der Waals surface area (Å²) in [5.74, 6) is -0.256. The van der Waals surface area contributed by atoms with Crippen LogP contribution in [0.4, 0.5) is 4.39 Å². The van der Waals surface area contributed by atoms with Crippen LogP contribution < -0.4 is 0 Å². The van der Waals surface area contributed by atoms with E-state index in [1.807, 2.05) is 40.9 Å². The first-order valence-corrected chi connectivity index (χ1v) is 12.8. The van der Waals surface area contributed by atoms with Crippen molar-refractivity contribution in [2.75, 3.05) is 20.2 Å². The standard InChI is InChI=1S/C28H32FN5O3/c1-18(35)33-13-10-19(11-14-33)28-27-21(22-16-25-20(15-23(22)29)17-30-32(25)2)7-6-8-24(27)34(31-28)12-5-4-9-26(36)37-3/h6-8,15-17,19H,4-5,9-14H2,1-3H3. The topological polar surface area (TPSA) is 82.2 Å². The van der Waals surface area contributed by atoms with Crippen LogP contribution in [0.25, 0.3) is 32.9 Å². The molecule has 5 rings (SSSR count). The van der Waals surface area contributed by atoms with Crippen LogP contribution >= 0.6 is 0 Å². The van der Waals surface area contributed by atoms with Crippen molar-refractivity contribution in [3.63, 3.8) is 0 Å². The molecule has 0 unspecified atom stereocenters. The van der Waals surface area contributed by atoms with Crippen molar-refractivity contribution in [3.05, 3.63) is 48.0 Å². The van der Waals surface area contributed by atoms with Crippen molar-refractivity contribution >= 4 is 33.7 Å². The molecule has 0 N–H and O–H groups in total. The minimum absolute atomic E-state index is 0.0895. The molecule has 0 radical (unpaired) electrons. The number of aromatic nitrogens is 4. The van der Waals surface area contributed by atoms with Crippen molar-refractivity contribution in [1.82, 2.24) is 24.5 Å². The molecule has 0 spiro atoms. The van der Waals surface area contributed by atoms with Gasteiger partial charge in [-0.05, 0) is 49.4 Å². The first kappa shape index (κ1) is 24.9. The SMILES string of the molecule is COC(=O)CCCCn1nc(C2CCN(C(C)=O)CC2)c2c(-c3cc4c(cnn4C)cc3F)cccc21. The zero-order valence-electron chi connectivity index (χ0n) is 21.5. The van der Waals surface area contributed by atoms with Gasteiger partial charge in [0, 0.05) is 62.3 Å². The maximum atomic E-state index is 15.5. The molecule has 37 heavy (non-hydrogen) atoms. The summed E-state index contributed by atoms with van der Waals surface area (Å²) in [6.45, 7) is 3.62. The molecule has 4 aromatic rings. The smallest absolute Gasteiger partial charge is 0.305 e. The summed E-state index contributed by atoms with van der Waals surface area (Å²) >= 11 is 0. The molecule has 0 saturated carbocycles. The second-order valence-corrected chi connectivity index (χ2v) is 9.78. The average molecular weight is 506 g/mol. The minimum Gasteiger partial charge on any atom is -0.469 e. The molecule has 0 aliphatic carbocycles. The highest BCUT2D eigenvalue weighted by atomic mass is 19.1. The summed E-state index contributed by atoms with van der Waals surface area (Å²) in [4.78, 5) is 25.3. The fourth-order valence-corrected chi connectivity index (χ4v) is 5.42. The van der Waals surface area contributed by atoms with E-state index in [0.29, 0.717) is 38.0 Å². The average Bonchev–Trinajstić information content (AvgIpc) is 3.46. The van der Waals surface area contributed by atoms with E-state index < -0.39 is 0 Å². The van der Waals surface area contributed by atoms with E-state index in [-0.39, 0.29) is 23.6 Å². The van der Waals surface area contributed by atoms with Gasteiger partial charge in [0.2, 0.25) is 5.91 Å². The monoisotopic (exact) mass is 505 g/mol. The quantitative estimate of drug-likeness (QED) is 0.266. The highest BCUT2D eigenvalue weighted by Gasteiger charge is 2.28.